The summed E-state index contributed by atoms with van der Waals surface area (Å²) in [6.45, 7) is 2.47. The Bertz CT molecular complexity index is 778. The third kappa shape index (κ3) is 3.69. The molecule has 0 radical (unpaired) electrons. The molecule has 1 heterocycles. The van der Waals surface area contributed by atoms with Gasteiger partial charge in [0, 0.05) is 5.56 Å². The first-order chi connectivity index (χ1) is 11.3. The Morgan fingerprint density at radius 2 is 2.04 bits per heavy atom. The van der Waals surface area contributed by atoms with E-state index in [-0.39, 0.29) is 12.4 Å². The molecule has 0 aliphatic carbocycles. The highest BCUT2D eigenvalue weighted by molar-refractivity contribution is 5.79. The van der Waals surface area contributed by atoms with Crippen molar-refractivity contribution in [1.82, 2.24) is 9.97 Å². The number of carbonyl (C=O) groups excluding carboxylic acids is 1. The lowest BCUT2D eigenvalue weighted by molar-refractivity contribution is -0.143. The normalized spacial score (nSPS) is 10.7. The highest BCUT2D eigenvalue weighted by atomic mass is 16.5. The van der Waals surface area contributed by atoms with Crippen LogP contribution in [0.2, 0.25) is 0 Å². The maximum absolute atomic E-state index is 11.3. The summed E-state index contributed by atoms with van der Waals surface area (Å²) in [5.41, 5.74) is 2.86. The van der Waals surface area contributed by atoms with Crippen LogP contribution in [0.1, 0.15) is 13.3 Å². The quantitative estimate of drug-likeness (QED) is 0.707. The minimum atomic E-state index is -0.249. The molecular weight excluding hydrogens is 292 g/mol. The summed E-state index contributed by atoms with van der Waals surface area (Å²) in [6.07, 6.45) is 0.239. The fraction of sp³-hybridized carbons (Fsp3) is 0.222. The number of imidazole rings is 1. The van der Waals surface area contributed by atoms with E-state index in [1.165, 1.54) is 0 Å². The molecule has 23 heavy (non-hydrogen) atoms. The molecule has 0 spiro atoms. The van der Waals surface area contributed by atoms with Crippen molar-refractivity contribution in [3.63, 3.8) is 0 Å². The van der Waals surface area contributed by atoms with Gasteiger partial charge in [0.25, 0.3) is 0 Å². The number of hydrogen-bond donors (Lipinski definition) is 1. The summed E-state index contributed by atoms with van der Waals surface area (Å²) in [5, 5.41) is 0. The van der Waals surface area contributed by atoms with E-state index in [1.54, 1.807) is 6.92 Å². The van der Waals surface area contributed by atoms with Gasteiger partial charge < -0.3 is 14.5 Å². The van der Waals surface area contributed by atoms with Gasteiger partial charge in [-0.15, -0.1) is 0 Å². The molecule has 3 rings (SSSR count). The topological polar surface area (TPSA) is 64.2 Å². The van der Waals surface area contributed by atoms with E-state index in [9.17, 15) is 4.79 Å². The average molecular weight is 310 g/mol. The number of ether oxygens (including phenoxy) is 2. The Labute approximate surface area is 134 Å². The van der Waals surface area contributed by atoms with E-state index in [0.29, 0.717) is 19.0 Å². The number of hydrogen-bond acceptors (Lipinski definition) is 4. The Balaban J connectivity index is 1.71. The molecule has 0 amide bonds. The zero-order valence-corrected chi connectivity index (χ0v) is 12.9. The molecule has 0 fully saturated rings. The number of aromatic amines is 1. The second-order valence-corrected chi connectivity index (χ2v) is 5.03. The van der Waals surface area contributed by atoms with Gasteiger partial charge in [0.05, 0.1) is 30.7 Å². The summed E-state index contributed by atoms with van der Waals surface area (Å²) in [5.74, 6) is 1.25. The van der Waals surface area contributed by atoms with E-state index >= 15 is 0 Å². The number of nitrogens with zero attached hydrogens (tertiary/aromatic N) is 1. The molecule has 0 saturated heterocycles. The molecule has 0 saturated carbocycles. The maximum atomic E-state index is 11.3. The van der Waals surface area contributed by atoms with Crippen LogP contribution in [0, 0.1) is 0 Å². The third-order valence-corrected chi connectivity index (χ3v) is 3.38. The molecule has 0 aliphatic heterocycles. The van der Waals surface area contributed by atoms with Crippen molar-refractivity contribution in [2.75, 3.05) is 13.2 Å². The van der Waals surface area contributed by atoms with E-state index in [4.69, 9.17) is 9.47 Å². The largest absolute Gasteiger partial charge is 0.493 e. The monoisotopic (exact) mass is 310 g/mol. The molecule has 0 aliphatic rings. The summed E-state index contributed by atoms with van der Waals surface area (Å²) in [4.78, 5) is 19.2. The van der Waals surface area contributed by atoms with Crippen molar-refractivity contribution >= 4 is 17.0 Å². The van der Waals surface area contributed by atoms with E-state index in [2.05, 4.69) is 9.97 Å². The summed E-state index contributed by atoms with van der Waals surface area (Å²) >= 11 is 0. The lowest BCUT2D eigenvalue weighted by Gasteiger charge is -2.07. The number of carbonyl (C=O) groups is 1. The summed E-state index contributed by atoms with van der Waals surface area (Å²) in [7, 11) is 0. The van der Waals surface area contributed by atoms with Gasteiger partial charge in [-0.1, -0.05) is 24.3 Å². The lowest BCUT2D eigenvalue weighted by Crippen LogP contribution is -2.09. The molecule has 2 aromatic carbocycles. The van der Waals surface area contributed by atoms with Gasteiger partial charge in [-0.05, 0) is 31.2 Å². The SMILES string of the molecule is CCOC(=O)CCOc1cccc(-c2nc3ccccc3[nH]2)c1. The predicted octanol–water partition coefficient (Wildman–Crippen LogP) is 3.56. The highest BCUT2D eigenvalue weighted by Crippen LogP contribution is 2.24. The van der Waals surface area contributed by atoms with Gasteiger partial charge in [-0.25, -0.2) is 4.98 Å². The van der Waals surface area contributed by atoms with Gasteiger partial charge >= 0.3 is 5.97 Å². The minimum absolute atomic E-state index is 0.239. The first kappa shape index (κ1) is 15.1. The number of aromatic nitrogens is 2. The van der Waals surface area contributed by atoms with Gasteiger partial charge in [-0.3, -0.25) is 4.79 Å². The lowest BCUT2D eigenvalue weighted by atomic mass is 10.2. The van der Waals surface area contributed by atoms with Crippen molar-refractivity contribution in [3.05, 3.63) is 48.5 Å². The van der Waals surface area contributed by atoms with Crippen LogP contribution in [0.15, 0.2) is 48.5 Å². The van der Waals surface area contributed by atoms with Crippen LogP contribution in [0.4, 0.5) is 0 Å². The first-order valence-corrected chi connectivity index (χ1v) is 7.60. The Morgan fingerprint density at radius 1 is 1.17 bits per heavy atom. The number of esters is 1. The summed E-state index contributed by atoms with van der Waals surface area (Å²) < 4.78 is 10.5. The molecule has 118 valence electrons. The van der Waals surface area contributed by atoms with Gasteiger partial charge in [0.2, 0.25) is 0 Å². The zero-order chi connectivity index (χ0) is 16.1. The van der Waals surface area contributed by atoms with Gasteiger partial charge in [0.15, 0.2) is 0 Å². The Kier molecular flexibility index (Phi) is 4.57. The predicted molar refractivity (Wildman–Crippen MR) is 88.3 cm³/mol. The molecule has 1 N–H and O–H groups in total. The van der Waals surface area contributed by atoms with Crippen molar-refractivity contribution in [3.8, 4) is 17.1 Å². The number of nitrogens with one attached hydrogen (secondary N) is 1. The zero-order valence-electron chi connectivity index (χ0n) is 12.9. The number of benzene rings is 2. The third-order valence-electron chi connectivity index (χ3n) is 3.38. The van der Waals surface area contributed by atoms with Crippen molar-refractivity contribution in [2.45, 2.75) is 13.3 Å². The molecule has 5 nitrogen and oxygen atoms in total. The first-order valence-electron chi connectivity index (χ1n) is 7.60. The Hall–Kier alpha value is -2.82. The maximum Gasteiger partial charge on any atom is 0.309 e. The standard InChI is InChI=1S/C18H18N2O3/c1-2-22-17(21)10-11-23-14-7-5-6-13(12-14)18-19-15-8-3-4-9-16(15)20-18/h3-9,12H,2,10-11H2,1H3,(H,19,20). The number of rotatable bonds is 6. The highest BCUT2D eigenvalue weighted by Gasteiger charge is 2.07. The van der Waals surface area contributed by atoms with E-state index < -0.39 is 0 Å². The van der Waals surface area contributed by atoms with Gasteiger partial charge in [0.1, 0.15) is 11.6 Å². The second kappa shape index (κ2) is 6.96. The number of fused-ring (bicyclic) bond motifs is 1. The molecule has 5 heteroatoms. The molecule has 1 aromatic heterocycles. The van der Waals surface area contributed by atoms with Crippen LogP contribution >= 0.6 is 0 Å². The molecule has 3 aromatic rings. The van der Waals surface area contributed by atoms with Crippen LogP contribution in [0.25, 0.3) is 22.4 Å². The van der Waals surface area contributed by atoms with Gasteiger partial charge in [-0.2, -0.15) is 0 Å². The Morgan fingerprint density at radius 3 is 2.87 bits per heavy atom. The minimum Gasteiger partial charge on any atom is -0.493 e. The number of para-hydroxylation sites is 2. The van der Waals surface area contributed by atoms with E-state index in [0.717, 1.165) is 22.4 Å². The smallest absolute Gasteiger partial charge is 0.309 e. The van der Waals surface area contributed by atoms with E-state index in [1.807, 2.05) is 48.5 Å². The fourth-order valence-electron chi connectivity index (χ4n) is 2.31. The average Bonchev–Trinajstić information content (AvgIpc) is 2.99. The van der Waals surface area contributed by atoms with Crippen LogP contribution in [0.3, 0.4) is 0 Å². The van der Waals surface area contributed by atoms with Crippen molar-refractivity contribution in [2.24, 2.45) is 0 Å². The van der Waals surface area contributed by atoms with Crippen LogP contribution in [-0.4, -0.2) is 29.2 Å². The molecular formula is C18H18N2O3. The fourth-order valence-corrected chi connectivity index (χ4v) is 2.31. The van der Waals surface area contributed by atoms with Crippen molar-refractivity contribution < 1.29 is 14.3 Å². The molecule has 0 bridgehead atoms. The van der Waals surface area contributed by atoms with Crippen molar-refractivity contribution in [1.29, 1.82) is 0 Å². The second-order valence-electron chi connectivity index (χ2n) is 5.03. The van der Waals surface area contributed by atoms with Crippen LogP contribution < -0.4 is 4.74 Å². The van der Waals surface area contributed by atoms with Crippen LogP contribution in [0.5, 0.6) is 5.75 Å². The van der Waals surface area contributed by atoms with Crippen LogP contribution in [-0.2, 0) is 9.53 Å². The molecule has 0 unspecified atom stereocenters. The summed E-state index contributed by atoms with van der Waals surface area (Å²) in [6, 6.07) is 15.5. The molecule has 0 atom stereocenters. The number of H-pyrrole nitrogens is 1.